The molecule has 0 bridgehead atoms. The third-order valence-corrected chi connectivity index (χ3v) is 4.27. The van der Waals surface area contributed by atoms with E-state index in [2.05, 4.69) is 22.4 Å². The zero-order valence-electron chi connectivity index (χ0n) is 11.0. The molecule has 1 aliphatic heterocycles. The van der Waals surface area contributed by atoms with Crippen LogP contribution in [0, 0.1) is 0 Å². The van der Waals surface area contributed by atoms with Crippen LogP contribution >= 0.6 is 11.8 Å². The van der Waals surface area contributed by atoms with E-state index in [4.69, 9.17) is 9.26 Å². The van der Waals surface area contributed by atoms with Crippen molar-refractivity contribution in [2.24, 2.45) is 0 Å². The van der Waals surface area contributed by atoms with Gasteiger partial charge in [-0.15, -0.1) is 0 Å². The largest absolute Gasteiger partial charge is 0.381 e. The van der Waals surface area contributed by atoms with Crippen molar-refractivity contribution in [2.75, 3.05) is 26.0 Å². The van der Waals surface area contributed by atoms with Gasteiger partial charge in [-0.1, -0.05) is 12.1 Å². The Hall–Kier alpha value is -0.590. The van der Waals surface area contributed by atoms with Gasteiger partial charge in [0.1, 0.15) is 0 Å². The number of hydrogen-bond acceptors (Lipinski definition) is 6. The van der Waals surface area contributed by atoms with Gasteiger partial charge in [-0.05, 0) is 25.6 Å². The van der Waals surface area contributed by atoms with Crippen molar-refractivity contribution < 1.29 is 9.26 Å². The first-order valence-electron chi connectivity index (χ1n) is 6.50. The Morgan fingerprint density at radius 2 is 2.39 bits per heavy atom. The number of hydrogen-bond donors (Lipinski definition) is 1. The second-order valence-corrected chi connectivity index (χ2v) is 5.57. The lowest BCUT2D eigenvalue weighted by Crippen LogP contribution is -2.39. The van der Waals surface area contributed by atoms with Crippen molar-refractivity contribution >= 4 is 11.8 Å². The molecule has 0 amide bonds. The molecule has 0 spiro atoms. The van der Waals surface area contributed by atoms with Crippen molar-refractivity contribution in [2.45, 2.75) is 37.5 Å². The molecule has 1 fully saturated rings. The second kappa shape index (κ2) is 7.11. The molecule has 6 heteroatoms. The highest BCUT2D eigenvalue weighted by molar-refractivity contribution is 7.98. The Labute approximate surface area is 112 Å². The molecule has 2 atom stereocenters. The normalized spacial score (nSPS) is 24.3. The van der Waals surface area contributed by atoms with Gasteiger partial charge in [0, 0.05) is 12.6 Å². The number of likely N-dealkylation sites (N-methyl/N-ethyl adjacent to an activating group) is 1. The molecule has 0 saturated carbocycles. The number of nitrogens with zero attached hydrogens (tertiary/aromatic N) is 2. The molecule has 18 heavy (non-hydrogen) atoms. The summed E-state index contributed by atoms with van der Waals surface area (Å²) in [5.74, 6) is 3.65. The topological polar surface area (TPSA) is 60.2 Å². The molecule has 1 aromatic heterocycles. The summed E-state index contributed by atoms with van der Waals surface area (Å²) in [4.78, 5) is 4.49. The Morgan fingerprint density at radius 3 is 3.17 bits per heavy atom. The second-order valence-electron chi connectivity index (χ2n) is 4.47. The van der Waals surface area contributed by atoms with Crippen LogP contribution in [0.1, 0.15) is 37.4 Å². The smallest absolute Gasteiger partial charge is 0.233 e. The van der Waals surface area contributed by atoms with Crippen LogP contribution in [0.2, 0.25) is 0 Å². The molecule has 0 radical (unpaired) electrons. The van der Waals surface area contributed by atoms with Gasteiger partial charge in [0.15, 0.2) is 5.82 Å². The lowest BCUT2D eigenvalue weighted by molar-refractivity contribution is 0.0516. The summed E-state index contributed by atoms with van der Waals surface area (Å²) in [6.45, 7) is 3.64. The average Bonchev–Trinajstić information content (AvgIpc) is 2.88. The molecular formula is C12H21N3O2S. The summed E-state index contributed by atoms with van der Waals surface area (Å²) in [5.41, 5.74) is 0. The molecule has 102 valence electrons. The minimum Gasteiger partial charge on any atom is -0.381 e. The van der Waals surface area contributed by atoms with Gasteiger partial charge in [0.2, 0.25) is 5.89 Å². The fourth-order valence-electron chi connectivity index (χ4n) is 2.11. The van der Waals surface area contributed by atoms with Gasteiger partial charge >= 0.3 is 0 Å². The van der Waals surface area contributed by atoms with Crippen LogP contribution in [0.15, 0.2) is 4.52 Å². The third kappa shape index (κ3) is 3.46. The Balaban J connectivity index is 1.95. The number of ether oxygens (including phenoxy) is 1. The highest BCUT2D eigenvalue weighted by atomic mass is 32.2. The molecule has 1 aliphatic rings. The molecule has 1 N–H and O–H groups in total. The van der Waals surface area contributed by atoms with Crippen LogP contribution in [0.3, 0.4) is 0 Å². The van der Waals surface area contributed by atoms with E-state index >= 15 is 0 Å². The fraction of sp³-hybridized carbons (Fsp3) is 0.833. The summed E-state index contributed by atoms with van der Waals surface area (Å²) < 4.78 is 10.9. The molecule has 0 aliphatic carbocycles. The first-order chi connectivity index (χ1) is 8.85. The molecular weight excluding hydrogens is 250 g/mol. The zero-order chi connectivity index (χ0) is 12.8. The number of thioether (sulfide) groups is 1. The lowest BCUT2D eigenvalue weighted by Gasteiger charge is -2.28. The monoisotopic (exact) mass is 271 g/mol. The minimum absolute atomic E-state index is 0.182. The van der Waals surface area contributed by atoms with E-state index in [1.807, 2.05) is 18.8 Å². The molecule has 2 heterocycles. The van der Waals surface area contributed by atoms with Crippen molar-refractivity contribution in [1.29, 1.82) is 0 Å². The molecule has 2 unspecified atom stereocenters. The standard InChI is InChI=1S/C12H21N3O2S/c1-3-6-18-8-11-14-12(17-15-11)9-7-16-5-4-10(9)13-2/h9-10,13H,3-8H2,1-2H3. The van der Waals surface area contributed by atoms with E-state index in [-0.39, 0.29) is 5.92 Å². The summed E-state index contributed by atoms with van der Waals surface area (Å²) in [6.07, 6.45) is 2.16. The third-order valence-electron chi connectivity index (χ3n) is 3.11. The molecule has 0 aromatic carbocycles. The molecule has 1 saturated heterocycles. The number of aromatic nitrogens is 2. The van der Waals surface area contributed by atoms with Gasteiger partial charge in [-0.2, -0.15) is 16.7 Å². The van der Waals surface area contributed by atoms with Crippen LogP contribution < -0.4 is 5.32 Å². The van der Waals surface area contributed by atoms with Crippen LogP contribution in [-0.2, 0) is 10.5 Å². The van der Waals surface area contributed by atoms with Gasteiger partial charge in [0.05, 0.1) is 18.3 Å². The maximum Gasteiger partial charge on any atom is 0.233 e. The van der Waals surface area contributed by atoms with Crippen LogP contribution in [0.4, 0.5) is 0 Å². The average molecular weight is 271 g/mol. The van der Waals surface area contributed by atoms with Crippen LogP contribution in [0.5, 0.6) is 0 Å². The quantitative estimate of drug-likeness (QED) is 0.796. The maximum absolute atomic E-state index is 5.50. The highest BCUT2D eigenvalue weighted by Crippen LogP contribution is 2.25. The summed E-state index contributed by atoms with van der Waals surface area (Å²) >= 11 is 1.84. The van der Waals surface area contributed by atoms with Gasteiger partial charge in [-0.3, -0.25) is 0 Å². The van der Waals surface area contributed by atoms with Gasteiger partial charge in [-0.25, -0.2) is 0 Å². The predicted octanol–water partition coefficient (Wildman–Crippen LogP) is 1.80. The fourth-order valence-corrected chi connectivity index (χ4v) is 2.84. The van der Waals surface area contributed by atoms with Crippen LogP contribution in [-0.4, -0.2) is 42.2 Å². The van der Waals surface area contributed by atoms with Gasteiger partial charge < -0.3 is 14.6 Å². The first-order valence-corrected chi connectivity index (χ1v) is 7.65. The van der Waals surface area contributed by atoms with E-state index in [9.17, 15) is 0 Å². The number of rotatable bonds is 6. The lowest BCUT2D eigenvalue weighted by atomic mass is 9.96. The Kier molecular flexibility index (Phi) is 5.46. The van der Waals surface area contributed by atoms with Crippen molar-refractivity contribution in [3.8, 4) is 0 Å². The van der Waals surface area contributed by atoms with Crippen LogP contribution in [0.25, 0.3) is 0 Å². The Bertz CT molecular complexity index is 359. The van der Waals surface area contributed by atoms with E-state index in [1.54, 1.807) is 0 Å². The summed E-state index contributed by atoms with van der Waals surface area (Å²) in [5, 5.41) is 7.34. The van der Waals surface area contributed by atoms with E-state index in [0.29, 0.717) is 18.5 Å². The van der Waals surface area contributed by atoms with E-state index in [1.165, 1.54) is 6.42 Å². The van der Waals surface area contributed by atoms with E-state index < -0.39 is 0 Å². The Morgan fingerprint density at radius 1 is 1.50 bits per heavy atom. The van der Waals surface area contributed by atoms with Gasteiger partial charge in [0.25, 0.3) is 0 Å². The molecule has 2 rings (SSSR count). The number of nitrogens with one attached hydrogen (secondary N) is 1. The minimum atomic E-state index is 0.182. The highest BCUT2D eigenvalue weighted by Gasteiger charge is 2.30. The maximum atomic E-state index is 5.50. The van der Waals surface area contributed by atoms with E-state index in [0.717, 1.165) is 30.4 Å². The van der Waals surface area contributed by atoms with Crippen molar-refractivity contribution in [3.05, 3.63) is 11.7 Å². The zero-order valence-corrected chi connectivity index (χ0v) is 11.8. The summed E-state index contributed by atoms with van der Waals surface area (Å²) in [7, 11) is 1.97. The predicted molar refractivity (Wildman–Crippen MR) is 71.8 cm³/mol. The summed E-state index contributed by atoms with van der Waals surface area (Å²) in [6, 6.07) is 0.371. The van der Waals surface area contributed by atoms with Crippen molar-refractivity contribution in [1.82, 2.24) is 15.5 Å². The SMILES string of the molecule is CCCSCc1noc(C2COCCC2NC)n1. The first kappa shape index (κ1) is 13.8. The molecule has 1 aromatic rings. The molecule has 5 nitrogen and oxygen atoms in total. The van der Waals surface area contributed by atoms with Crippen molar-refractivity contribution in [3.63, 3.8) is 0 Å².